The highest BCUT2D eigenvalue weighted by molar-refractivity contribution is 7.23. The van der Waals surface area contributed by atoms with Gasteiger partial charge in [-0.05, 0) is 55.8 Å². The van der Waals surface area contributed by atoms with E-state index >= 15 is 0 Å². The number of nitrogens with zero attached hydrogens (tertiary/aromatic N) is 4. The second kappa shape index (κ2) is 12.2. The predicted molar refractivity (Wildman–Crippen MR) is 158 cm³/mol. The summed E-state index contributed by atoms with van der Waals surface area (Å²) in [5, 5.41) is 6.03. The molecule has 2 aromatic carbocycles. The van der Waals surface area contributed by atoms with Crippen LogP contribution in [0.2, 0.25) is 0 Å². The molecule has 2 aliphatic heterocycles. The van der Waals surface area contributed by atoms with E-state index in [4.69, 9.17) is 14.7 Å². The first-order valence-corrected chi connectivity index (χ1v) is 14.8. The first-order valence-electron chi connectivity index (χ1n) is 14.0. The summed E-state index contributed by atoms with van der Waals surface area (Å²) in [4.78, 5) is 15.6. The summed E-state index contributed by atoms with van der Waals surface area (Å²) in [6.45, 7) is 8.09. The minimum absolute atomic E-state index is 0.626. The molecule has 4 aromatic rings. The van der Waals surface area contributed by atoms with E-state index in [2.05, 4.69) is 75.8 Å². The van der Waals surface area contributed by atoms with Crippen LogP contribution in [0.15, 0.2) is 67.0 Å². The summed E-state index contributed by atoms with van der Waals surface area (Å²) in [6.07, 6.45) is 6.70. The van der Waals surface area contributed by atoms with Gasteiger partial charge in [0.15, 0.2) is 0 Å². The van der Waals surface area contributed by atoms with E-state index in [1.54, 1.807) is 17.7 Å². The minimum Gasteiger partial charge on any atom is -0.380 e. The molecule has 1 N–H and O–H groups in total. The summed E-state index contributed by atoms with van der Waals surface area (Å²) < 4.78 is 6.10. The molecule has 198 valence electrons. The topological polar surface area (TPSA) is 53.5 Å². The van der Waals surface area contributed by atoms with Crippen molar-refractivity contribution in [3.05, 3.63) is 72.6 Å². The van der Waals surface area contributed by atoms with E-state index in [-0.39, 0.29) is 0 Å². The predicted octanol–water partition coefficient (Wildman–Crippen LogP) is 6.30. The number of ether oxygens (including phenoxy) is 1. The van der Waals surface area contributed by atoms with Crippen molar-refractivity contribution in [3.8, 4) is 11.1 Å². The summed E-state index contributed by atoms with van der Waals surface area (Å²) >= 11 is 1.73. The Balaban J connectivity index is 1.18. The first kappa shape index (κ1) is 25.3. The quantitative estimate of drug-likeness (QED) is 0.244. The fraction of sp³-hybridized carbons (Fsp3) is 0.419. The van der Waals surface area contributed by atoms with E-state index in [1.165, 1.54) is 48.0 Å². The molecule has 0 unspecified atom stereocenters. The van der Waals surface area contributed by atoms with Gasteiger partial charge in [0.2, 0.25) is 0 Å². The largest absolute Gasteiger partial charge is 0.380 e. The van der Waals surface area contributed by atoms with Crippen LogP contribution < -0.4 is 10.2 Å². The number of anilines is 2. The normalized spacial score (nSPS) is 16.9. The molecule has 0 radical (unpaired) electrons. The molecule has 0 saturated carbocycles. The van der Waals surface area contributed by atoms with E-state index in [9.17, 15) is 0 Å². The number of benzene rings is 2. The Morgan fingerprint density at radius 1 is 0.895 bits per heavy atom. The molecule has 0 atom stereocenters. The Morgan fingerprint density at radius 2 is 1.63 bits per heavy atom. The molecule has 4 heterocycles. The maximum Gasteiger partial charge on any atom is 0.141 e. The van der Waals surface area contributed by atoms with Crippen LogP contribution in [-0.4, -0.2) is 60.8 Å². The average Bonchev–Trinajstić information content (AvgIpc) is 3.63. The summed E-state index contributed by atoms with van der Waals surface area (Å²) in [5.41, 5.74) is 3.68. The van der Waals surface area contributed by atoms with E-state index in [1.807, 2.05) is 0 Å². The van der Waals surface area contributed by atoms with E-state index in [0.29, 0.717) is 5.92 Å². The van der Waals surface area contributed by atoms with Crippen molar-refractivity contribution in [2.75, 3.05) is 56.2 Å². The molecule has 38 heavy (non-hydrogen) atoms. The number of rotatable bonds is 10. The molecule has 0 aliphatic carbocycles. The molecule has 2 fully saturated rings. The number of aromatic nitrogens is 2. The number of fused-ring (bicyclic) bond motifs is 1. The molecule has 2 aromatic heterocycles. The number of hydrogen-bond acceptors (Lipinski definition) is 7. The number of thiophene rings is 1. The van der Waals surface area contributed by atoms with Crippen LogP contribution >= 0.6 is 11.3 Å². The lowest BCUT2D eigenvalue weighted by molar-refractivity contribution is 0.0753. The summed E-state index contributed by atoms with van der Waals surface area (Å²) in [6, 6.07) is 21.2. The molecule has 6 rings (SSSR count). The average molecular weight is 528 g/mol. The van der Waals surface area contributed by atoms with E-state index < -0.39 is 0 Å². The van der Waals surface area contributed by atoms with Gasteiger partial charge in [-0.15, -0.1) is 0 Å². The second-order valence-corrected chi connectivity index (χ2v) is 11.4. The van der Waals surface area contributed by atoms with Crippen LogP contribution in [0.3, 0.4) is 0 Å². The van der Waals surface area contributed by atoms with Gasteiger partial charge in [0.05, 0.1) is 17.0 Å². The zero-order chi connectivity index (χ0) is 25.6. The molecule has 2 saturated heterocycles. The first-order chi connectivity index (χ1) is 18.8. The maximum absolute atomic E-state index is 6.10. The molecule has 6 nitrogen and oxygen atoms in total. The lowest BCUT2D eigenvalue weighted by atomic mass is 9.97. The van der Waals surface area contributed by atoms with Crippen molar-refractivity contribution in [1.29, 1.82) is 0 Å². The second-order valence-electron chi connectivity index (χ2n) is 10.4. The summed E-state index contributed by atoms with van der Waals surface area (Å²) in [7, 11) is 0. The van der Waals surface area contributed by atoms with Crippen molar-refractivity contribution < 1.29 is 4.74 Å². The third-order valence-electron chi connectivity index (χ3n) is 7.84. The fourth-order valence-electron chi connectivity index (χ4n) is 5.70. The lowest BCUT2D eigenvalue weighted by Gasteiger charge is -2.33. The van der Waals surface area contributed by atoms with Gasteiger partial charge < -0.3 is 19.9 Å². The van der Waals surface area contributed by atoms with Gasteiger partial charge >= 0.3 is 0 Å². The van der Waals surface area contributed by atoms with Crippen molar-refractivity contribution in [3.63, 3.8) is 0 Å². The van der Waals surface area contributed by atoms with Crippen LogP contribution in [0.25, 0.3) is 21.3 Å². The van der Waals surface area contributed by atoms with Gasteiger partial charge in [-0.1, -0.05) is 72.0 Å². The summed E-state index contributed by atoms with van der Waals surface area (Å²) in [5.74, 6) is 1.69. The lowest BCUT2D eigenvalue weighted by Crippen LogP contribution is -2.36. The van der Waals surface area contributed by atoms with Crippen LogP contribution in [-0.2, 0) is 11.3 Å². The molecule has 0 bridgehead atoms. The molecule has 7 heteroatoms. The molecule has 0 amide bonds. The molecular formula is C31H37N5OS. The van der Waals surface area contributed by atoms with Gasteiger partial charge in [-0.3, -0.25) is 0 Å². The smallest absolute Gasteiger partial charge is 0.141 e. The third-order valence-corrected chi connectivity index (χ3v) is 8.90. The zero-order valence-electron chi connectivity index (χ0n) is 22.0. The number of nitrogens with one attached hydrogen (secondary N) is 1. The van der Waals surface area contributed by atoms with Crippen molar-refractivity contribution >= 4 is 32.4 Å². The van der Waals surface area contributed by atoms with Crippen LogP contribution in [0.4, 0.5) is 10.8 Å². The Labute approximate surface area is 229 Å². The Bertz CT molecular complexity index is 1300. The highest BCUT2D eigenvalue weighted by Gasteiger charge is 2.26. The number of hydrogen-bond donors (Lipinski definition) is 1. The van der Waals surface area contributed by atoms with E-state index in [0.717, 1.165) is 67.9 Å². The maximum atomic E-state index is 6.10. The molecular weight excluding hydrogens is 490 g/mol. The fourth-order valence-corrected chi connectivity index (χ4v) is 6.76. The number of likely N-dealkylation sites (tertiary alicyclic amines) is 1. The van der Waals surface area contributed by atoms with Crippen molar-refractivity contribution in [2.24, 2.45) is 5.92 Å². The third kappa shape index (κ3) is 5.85. The van der Waals surface area contributed by atoms with Gasteiger partial charge in [0.1, 0.15) is 17.0 Å². The Kier molecular flexibility index (Phi) is 8.15. The molecule has 2 aliphatic rings. The highest BCUT2D eigenvalue weighted by atomic mass is 32.1. The van der Waals surface area contributed by atoms with Crippen LogP contribution in [0, 0.1) is 5.92 Å². The number of piperidine rings is 1. The standard InChI is InChI=1S/C31H37N5OS/c1-3-9-24(10-4-1)21-32-30-27(26-11-5-2-6-12-26)28-29(33-23-34-31(28)38-30)36-17-13-25(14-18-36)22-37-20-19-35-15-7-8-16-35/h1-6,9-12,23,25,32H,7-8,13-22H2. The van der Waals surface area contributed by atoms with Crippen LogP contribution in [0.1, 0.15) is 31.2 Å². The SMILES string of the molecule is c1ccc(CNc2sc3ncnc(N4CCC(COCCN5CCCC5)CC4)c3c2-c2ccccc2)cc1. The molecule has 0 spiro atoms. The zero-order valence-corrected chi connectivity index (χ0v) is 22.8. The van der Waals surface area contributed by atoms with Crippen molar-refractivity contribution in [1.82, 2.24) is 14.9 Å². The Morgan fingerprint density at radius 3 is 2.39 bits per heavy atom. The van der Waals surface area contributed by atoms with Gasteiger partial charge in [-0.2, -0.15) is 0 Å². The van der Waals surface area contributed by atoms with Gasteiger partial charge in [0, 0.05) is 38.3 Å². The van der Waals surface area contributed by atoms with Gasteiger partial charge in [0.25, 0.3) is 0 Å². The minimum atomic E-state index is 0.626. The monoisotopic (exact) mass is 527 g/mol. The highest BCUT2D eigenvalue weighted by Crippen LogP contribution is 2.45. The van der Waals surface area contributed by atoms with Gasteiger partial charge in [-0.25, -0.2) is 9.97 Å². The Hall–Kier alpha value is -3.00. The van der Waals surface area contributed by atoms with Crippen LogP contribution in [0.5, 0.6) is 0 Å². The van der Waals surface area contributed by atoms with Crippen molar-refractivity contribution in [2.45, 2.75) is 32.2 Å².